The monoisotopic (exact) mass is 431 g/mol. The van der Waals surface area contributed by atoms with E-state index in [0.717, 1.165) is 7.18 Å². The van der Waals surface area contributed by atoms with E-state index in [9.17, 15) is 2.86 Å². The van der Waals surface area contributed by atoms with Crippen LogP contribution in [0.1, 0.15) is 40.0 Å². The van der Waals surface area contributed by atoms with Gasteiger partial charge in [-0.05, 0) is 0 Å². The number of alkyl halides is 2. The topological polar surface area (TPSA) is 0 Å². The van der Waals surface area contributed by atoms with Gasteiger partial charge in [-0.15, -0.1) is 0 Å². The zero-order valence-corrected chi connectivity index (χ0v) is 13.5. The normalized spacial score (nSPS) is 15.2. The standard InChI is InChI=1S/C9H18FI2S/c1-4-5-6-9(12-8(2)3)13-7-11-10/h7-9H,4-6H2,1-3H3/q-1/t9-/m1/s1. The molecule has 0 heterocycles. The molecule has 0 rings (SSSR count). The number of thioether (sulfide) groups is 1. The molecular weight excluding hydrogens is 413 g/mol. The van der Waals surface area contributed by atoms with Crippen LogP contribution in [0, 0.1) is 0 Å². The van der Waals surface area contributed by atoms with Crippen molar-refractivity contribution in [1.82, 2.24) is 0 Å². The molecule has 0 spiro atoms. The zero-order chi connectivity index (χ0) is 10.1. The van der Waals surface area contributed by atoms with Crippen LogP contribution in [0.25, 0.3) is 0 Å². The van der Waals surface area contributed by atoms with E-state index in [4.69, 9.17) is 0 Å². The quantitative estimate of drug-likeness (QED) is 0.434. The molecule has 4 heteroatoms. The number of halogens is 3. The van der Waals surface area contributed by atoms with Crippen molar-refractivity contribution in [3.8, 4) is 0 Å². The summed E-state index contributed by atoms with van der Waals surface area (Å²) in [6.07, 6.45) is 3.87. The number of hydrogen-bond acceptors (Lipinski definition) is 1. The Morgan fingerprint density at radius 3 is 2.69 bits per heavy atom. The van der Waals surface area contributed by atoms with Crippen molar-refractivity contribution in [3.05, 3.63) is 0 Å². The van der Waals surface area contributed by atoms with Gasteiger partial charge in [-0.3, -0.25) is 0 Å². The predicted octanol–water partition coefficient (Wildman–Crippen LogP) is 1.35. The Balaban J connectivity index is 3.72. The Labute approximate surface area is 107 Å². The zero-order valence-electron chi connectivity index (χ0n) is 8.40. The summed E-state index contributed by atoms with van der Waals surface area (Å²) in [7, 11) is 0. The van der Waals surface area contributed by atoms with Gasteiger partial charge in [-0.25, -0.2) is 0 Å². The summed E-state index contributed by atoms with van der Waals surface area (Å²) in [4.78, 5) is 0. The second kappa shape index (κ2) is 10.1. The fourth-order valence-electron chi connectivity index (χ4n) is 0.882. The maximum absolute atomic E-state index is 12.1. The minimum absolute atomic E-state index is 0.257. The van der Waals surface area contributed by atoms with E-state index in [-0.39, 0.29) is 21.2 Å². The Morgan fingerprint density at radius 1 is 1.54 bits per heavy atom. The predicted molar refractivity (Wildman–Crippen MR) is 67.2 cm³/mol. The van der Waals surface area contributed by atoms with Gasteiger partial charge < -0.3 is 0 Å². The summed E-state index contributed by atoms with van der Waals surface area (Å²) in [6, 6.07) is 0. The van der Waals surface area contributed by atoms with Gasteiger partial charge in [-0.2, -0.15) is 0 Å². The molecule has 0 amide bonds. The van der Waals surface area contributed by atoms with Crippen molar-refractivity contribution in [2.45, 2.75) is 47.2 Å². The van der Waals surface area contributed by atoms with E-state index in [2.05, 4.69) is 20.8 Å². The van der Waals surface area contributed by atoms with E-state index in [1.807, 2.05) is 3.34 Å². The Kier molecular flexibility index (Phi) is 11.4. The van der Waals surface area contributed by atoms with E-state index in [0.29, 0.717) is 0 Å². The van der Waals surface area contributed by atoms with E-state index >= 15 is 0 Å². The molecule has 0 fully saturated rings. The van der Waals surface area contributed by atoms with Crippen LogP contribution < -0.4 is 21.2 Å². The minimum atomic E-state index is -1.11. The summed E-state index contributed by atoms with van der Waals surface area (Å²) in [6.45, 7) is 6.80. The van der Waals surface area contributed by atoms with Crippen LogP contribution in [0.5, 0.6) is 0 Å². The SMILES string of the molecule is CCCC[C@@H](SC=IF)[I-]C(C)C. The molecule has 0 aromatic rings. The number of unbranched alkanes of at least 4 members (excludes halogenated alkanes) is 1. The summed E-state index contributed by atoms with van der Waals surface area (Å²) < 4.78 is 15.5. The molecule has 0 unspecified atom stereocenters. The fourth-order valence-corrected chi connectivity index (χ4v) is 9.21. The van der Waals surface area contributed by atoms with Gasteiger partial charge in [0, 0.05) is 0 Å². The molecule has 0 aliphatic carbocycles. The van der Waals surface area contributed by atoms with Crippen LogP contribution in [0.15, 0.2) is 0 Å². The van der Waals surface area contributed by atoms with Gasteiger partial charge in [0.05, 0.1) is 0 Å². The molecule has 0 bridgehead atoms. The van der Waals surface area contributed by atoms with Crippen LogP contribution in [0.3, 0.4) is 0 Å². The molecule has 0 aliphatic rings. The molecule has 0 saturated carbocycles. The molecule has 82 valence electrons. The maximum atomic E-state index is 12.1. The first-order valence-corrected chi connectivity index (χ1v) is 10.0. The molecule has 1 atom stereocenters. The van der Waals surface area contributed by atoms with Gasteiger partial charge >= 0.3 is 108 Å². The van der Waals surface area contributed by atoms with E-state index < -0.39 is 21.3 Å². The number of rotatable bonds is 7. The van der Waals surface area contributed by atoms with Gasteiger partial charge in [0.2, 0.25) is 0 Å². The van der Waals surface area contributed by atoms with Crippen molar-refractivity contribution in [3.63, 3.8) is 0 Å². The van der Waals surface area contributed by atoms with Crippen molar-refractivity contribution in [1.29, 1.82) is 0 Å². The molecule has 0 aliphatic heterocycles. The first kappa shape index (κ1) is 14.6. The van der Waals surface area contributed by atoms with Crippen LogP contribution in [0.2, 0.25) is 0 Å². The van der Waals surface area contributed by atoms with Crippen molar-refractivity contribution < 1.29 is 24.1 Å². The summed E-state index contributed by atoms with van der Waals surface area (Å²) in [5, 5.41) is 0. The van der Waals surface area contributed by atoms with Crippen molar-refractivity contribution in [2.24, 2.45) is 0 Å². The first-order chi connectivity index (χ1) is 6.20. The van der Waals surface area contributed by atoms with E-state index in [1.165, 1.54) is 19.3 Å². The molecule has 0 aromatic carbocycles. The summed E-state index contributed by atoms with van der Waals surface area (Å²) >= 11 is 0.932. The first-order valence-electron chi connectivity index (χ1n) is 4.54. The molecular formula is C9H18FI2S-. The van der Waals surface area contributed by atoms with Crippen LogP contribution >= 0.6 is 33.1 Å². The van der Waals surface area contributed by atoms with Crippen LogP contribution in [-0.4, -0.2) is 10.5 Å². The Bertz CT molecular complexity index is 140. The second-order valence-corrected chi connectivity index (χ2v) is 11.6. The third-order valence-electron chi connectivity index (χ3n) is 1.41. The number of hydrogen-bond donors (Lipinski definition) is 0. The van der Waals surface area contributed by atoms with Crippen LogP contribution in [-0.2, 0) is 0 Å². The van der Waals surface area contributed by atoms with Gasteiger partial charge in [0.1, 0.15) is 0 Å². The Morgan fingerprint density at radius 2 is 2.23 bits per heavy atom. The summed E-state index contributed by atoms with van der Waals surface area (Å²) in [5.74, 6) is 0. The van der Waals surface area contributed by atoms with E-state index in [1.54, 1.807) is 11.8 Å². The average molecular weight is 431 g/mol. The van der Waals surface area contributed by atoms with Crippen molar-refractivity contribution >= 4 is 36.4 Å². The molecule has 0 nitrogen and oxygen atoms in total. The molecule has 0 aromatic heterocycles. The fraction of sp³-hybridized carbons (Fsp3) is 0.889. The van der Waals surface area contributed by atoms with Gasteiger partial charge in [0.25, 0.3) is 0 Å². The third kappa shape index (κ3) is 9.90. The van der Waals surface area contributed by atoms with Gasteiger partial charge in [-0.1, -0.05) is 0 Å². The third-order valence-corrected chi connectivity index (χ3v) is 8.00. The van der Waals surface area contributed by atoms with Crippen molar-refractivity contribution in [2.75, 3.05) is 0 Å². The van der Waals surface area contributed by atoms with Gasteiger partial charge in [0.15, 0.2) is 0 Å². The molecule has 13 heavy (non-hydrogen) atoms. The van der Waals surface area contributed by atoms with Crippen LogP contribution in [0.4, 0.5) is 2.86 Å². The molecule has 0 N–H and O–H groups in total. The molecule has 0 saturated heterocycles. The Hall–Kier alpha value is 1.61. The second-order valence-electron chi connectivity index (χ2n) is 3.00. The summed E-state index contributed by atoms with van der Waals surface area (Å²) in [5.41, 5.74) is 0. The average Bonchev–Trinajstić information content (AvgIpc) is 2.09. The molecule has 0 radical (unpaired) electrons.